The number of amides is 1. The van der Waals surface area contributed by atoms with Crippen LogP contribution in [0.25, 0.3) is 0 Å². The van der Waals surface area contributed by atoms with E-state index in [2.05, 4.69) is 5.32 Å². The van der Waals surface area contributed by atoms with Gasteiger partial charge in [0.25, 0.3) is 5.91 Å². The average Bonchev–Trinajstić information content (AvgIpc) is 2.31. The molecule has 0 atom stereocenters. The van der Waals surface area contributed by atoms with Crippen molar-refractivity contribution in [1.82, 2.24) is 5.32 Å². The molecule has 1 aromatic carbocycles. The van der Waals surface area contributed by atoms with Crippen LogP contribution in [0.2, 0.25) is 10.0 Å². The largest absolute Gasteiger partial charge is 0.399 e. The van der Waals surface area contributed by atoms with E-state index in [4.69, 9.17) is 33.7 Å². The lowest BCUT2D eigenvalue weighted by molar-refractivity contribution is 0.0229. The predicted octanol–water partition coefficient (Wildman–Crippen LogP) is 2.73. The molecule has 0 radical (unpaired) electrons. The van der Waals surface area contributed by atoms with Crippen molar-refractivity contribution in [2.24, 2.45) is 0 Å². The Morgan fingerprint density at radius 1 is 1.44 bits per heavy atom. The first-order chi connectivity index (χ1) is 8.26. The quantitative estimate of drug-likeness (QED) is 0.838. The molecular weight excluding hydrogens is 275 g/mol. The number of nitrogens with two attached hydrogens (primary N) is 1. The van der Waals surface area contributed by atoms with Gasteiger partial charge in [-0.05, 0) is 26.0 Å². The maximum absolute atomic E-state index is 12.0. The van der Waals surface area contributed by atoms with E-state index in [1.807, 2.05) is 13.8 Å². The molecule has 1 amide bonds. The van der Waals surface area contributed by atoms with Crippen molar-refractivity contribution >= 4 is 34.8 Å². The highest BCUT2D eigenvalue weighted by molar-refractivity contribution is 6.44. The summed E-state index contributed by atoms with van der Waals surface area (Å²) in [6.45, 7) is 4.08. The van der Waals surface area contributed by atoms with Crippen LogP contribution in [0.15, 0.2) is 12.1 Å². The molecule has 3 N–H and O–H groups in total. The molecule has 18 heavy (non-hydrogen) atoms. The Morgan fingerprint density at radius 3 is 2.61 bits per heavy atom. The molecule has 1 rings (SSSR count). The van der Waals surface area contributed by atoms with Gasteiger partial charge in [0.15, 0.2) is 0 Å². The maximum Gasteiger partial charge on any atom is 0.253 e. The number of methoxy groups -OCH3 is 1. The zero-order valence-corrected chi connectivity index (χ0v) is 12.0. The third-order valence-corrected chi connectivity index (χ3v) is 3.32. The van der Waals surface area contributed by atoms with Crippen LogP contribution in [-0.2, 0) is 4.74 Å². The van der Waals surface area contributed by atoms with Gasteiger partial charge in [-0.25, -0.2) is 0 Å². The van der Waals surface area contributed by atoms with E-state index in [9.17, 15) is 4.79 Å². The zero-order chi connectivity index (χ0) is 13.9. The second-order valence-electron chi connectivity index (χ2n) is 4.51. The van der Waals surface area contributed by atoms with E-state index in [1.165, 1.54) is 12.1 Å². The van der Waals surface area contributed by atoms with Crippen LogP contribution in [-0.4, -0.2) is 25.2 Å². The molecule has 1 aromatic rings. The number of hydrogen-bond acceptors (Lipinski definition) is 3. The summed E-state index contributed by atoms with van der Waals surface area (Å²) in [5.74, 6) is -0.334. The van der Waals surface area contributed by atoms with Crippen molar-refractivity contribution in [2.75, 3.05) is 19.4 Å². The number of benzene rings is 1. The first kappa shape index (κ1) is 15.1. The Bertz CT molecular complexity index is 462. The highest BCUT2D eigenvalue weighted by Crippen LogP contribution is 2.28. The number of rotatable bonds is 4. The monoisotopic (exact) mass is 290 g/mol. The molecule has 0 saturated heterocycles. The lowest BCUT2D eigenvalue weighted by Gasteiger charge is -2.23. The summed E-state index contributed by atoms with van der Waals surface area (Å²) >= 11 is 11.8. The van der Waals surface area contributed by atoms with Gasteiger partial charge in [0.05, 0.1) is 21.2 Å². The molecule has 0 heterocycles. The van der Waals surface area contributed by atoms with Crippen LogP contribution >= 0.6 is 23.2 Å². The van der Waals surface area contributed by atoms with Gasteiger partial charge in [0.2, 0.25) is 0 Å². The van der Waals surface area contributed by atoms with Crippen LogP contribution in [0.5, 0.6) is 0 Å². The summed E-state index contributed by atoms with van der Waals surface area (Å²) in [6.07, 6.45) is 0. The number of carbonyl (C=O) groups is 1. The molecule has 0 unspecified atom stereocenters. The van der Waals surface area contributed by atoms with E-state index < -0.39 is 5.60 Å². The summed E-state index contributed by atoms with van der Waals surface area (Å²) in [6, 6.07) is 2.99. The molecule has 0 aromatic heterocycles. The van der Waals surface area contributed by atoms with Crippen LogP contribution in [0.1, 0.15) is 24.2 Å². The van der Waals surface area contributed by atoms with Gasteiger partial charge in [0.1, 0.15) is 0 Å². The Hall–Kier alpha value is -0.970. The molecule has 0 saturated carbocycles. The second-order valence-corrected chi connectivity index (χ2v) is 5.30. The predicted molar refractivity (Wildman–Crippen MR) is 74.3 cm³/mol. The summed E-state index contributed by atoms with van der Waals surface area (Å²) in [4.78, 5) is 12.0. The number of carbonyl (C=O) groups excluding carboxylic acids is 1. The molecular formula is C12H16Cl2N2O2. The lowest BCUT2D eigenvalue weighted by Crippen LogP contribution is -2.39. The van der Waals surface area contributed by atoms with E-state index >= 15 is 0 Å². The highest BCUT2D eigenvalue weighted by Gasteiger charge is 2.20. The van der Waals surface area contributed by atoms with Crippen LogP contribution in [0.3, 0.4) is 0 Å². The second kappa shape index (κ2) is 5.78. The zero-order valence-electron chi connectivity index (χ0n) is 10.5. The fourth-order valence-corrected chi connectivity index (χ4v) is 1.66. The first-order valence-corrected chi connectivity index (χ1v) is 6.10. The van der Waals surface area contributed by atoms with Gasteiger partial charge < -0.3 is 15.8 Å². The van der Waals surface area contributed by atoms with Crippen molar-refractivity contribution in [3.63, 3.8) is 0 Å². The lowest BCUT2D eigenvalue weighted by atomic mass is 10.1. The number of halogens is 2. The van der Waals surface area contributed by atoms with Gasteiger partial charge in [-0.1, -0.05) is 23.2 Å². The molecule has 100 valence electrons. The topological polar surface area (TPSA) is 64.3 Å². The standard InChI is InChI=1S/C12H16Cl2N2O2/c1-12(2,18-3)6-16-11(17)8-4-7(15)5-9(13)10(8)14/h4-5H,6,15H2,1-3H3,(H,16,17). The minimum absolute atomic E-state index is 0.193. The fraction of sp³-hybridized carbons (Fsp3) is 0.417. The van der Waals surface area contributed by atoms with Crippen molar-refractivity contribution < 1.29 is 9.53 Å². The summed E-state index contributed by atoms with van der Waals surface area (Å²) in [5.41, 5.74) is 5.82. The number of anilines is 1. The minimum atomic E-state index is -0.452. The first-order valence-electron chi connectivity index (χ1n) is 5.34. The van der Waals surface area contributed by atoms with E-state index in [-0.39, 0.29) is 21.5 Å². The van der Waals surface area contributed by atoms with E-state index in [0.717, 1.165) is 0 Å². The van der Waals surface area contributed by atoms with Crippen molar-refractivity contribution in [3.05, 3.63) is 27.7 Å². The third kappa shape index (κ3) is 3.77. The maximum atomic E-state index is 12.0. The summed E-state index contributed by atoms with van der Waals surface area (Å²) in [5, 5.41) is 3.17. The van der Waals surface area contributed by atoms with E-state index in [0.29, 0.717) is 12.2 Å². The Labute approximate surface area is 116 Å². The van der Waals surface area contributed by atoms with Gasteiger partial charge >= 0.3 is 0 Å². The van der Waals surface area contributed by atoms with Gasteiger partial charge in [0, 0.05) is 19.3 Å². The molecule has 0 spiro atoms. The third-order valence-electron chi connectivity index (χ3n) is 2.52. The minimum Gasteiger partial charge on any atom is -0.399 e. The number of nitrogens with one attached hydrogen (secondary N) is 1. The van der Waals surface area contributed by atoms with Crippen molar-refractivity contribution in [3.8, 4) is 0 Å². The smallest absolute Gasteiger partial charge is 0.253 e. The molecule has 0 aliphatic rings. The van der Waals surface area contributed by atoms with Crippen LogP contribution in [0.4, 0.5) is 5.69 Å². The molecule has 0 fully saturated rings. The molecule has 0 bridgehead atoms. The van der Waals surface area contributed by atoms with Gasteiger partial charge in [-0.2, -0.15) is 0 Å². The molecule has 6 heteroatoms. The average molecular weight is 291 g/mol. The Kier molecular flexibility index (Phi) is 4.85. The van der Waals surface area contributed by atoms with Gasteiger partial charge in [-0.3, -0.25) is 4.79 Å². The number of nitrogen functional groups attached to an aromatic ring is 1. The Morgan fingerprint density at radius 2 is 2.06 bits per heavy atom. The van der Waals surface area contributed by atoms with Crippen LogP contribution < -0.4 is 11.1 Å². The normalized spacial score (nSPS) is 11.4. The molecule has 4 nitrogen and oxygen atoms in total. The van der Waals surface area contributed by atoms with E-state index in [1.54, 1.807) is 7.11 Å². The number of ether oxygens (including phenoxy) is 1. The number of hydrogen-bond donors (Lipinski definition) is 2. The SMILES string of the molecule is COC(C)(C)CNC(=O)c1cc(N)cc(Cl)c1Cl. The highest BCUT2D eigenvalue weighted by atomic mass is 35.5. The Balaban J connectivity index is 2.85. The molecule has 0 aliphatic heterocycles. The fourth-order valence-electron chi connectivity index (χ4n) is 1.24. The van der Waals surface area contributed by atoms with Crippen molar-refractivity contribution in [2.45, 2.75) is 19.4 Å². The summed E-state index contributed by atoms with van der Waals surface area (Å²) < 4.78 is 5.20. The van der Waals surface area contributed by atoms with Crippen molar-refractivity contribution in [1.29, 1.82) is 0 Å². The molecule has 0 aliphatic carbocycles. The van der Waals surface area contributed by atoms with Crippen LogP contribution in [0, 0.1) is 0 Å². The van der Waals surface area contributed by atoms with Gasteiger partial charge in [-0.15, -0.1) is 0 Å². The summed E-state index contributed by atoms with van der Waals surface area (Å²) in [7, 11) is 1.58.